The summed E-state index contributed by atoms with van der Waals surface area (Å²) in [6, 6.07) is 0. The van der Waals surface area contributed by atoms with Gasteiger partial charge in [0.1, 0.15) is 0 Å². The van der Waals surface area contributed by atoms with E-state index in [0.29, 0.717) is 0 Å². The first-order valence-corrected chi connectivity index (χ1v) is 2.53. The van der Waals surface area contributed by atoms with E-state index in [-0.39, 0.29) is 13.2 Å². The third-order valence-electron chi connectivity index (χ3n) is 0.547. The number of ether oxygens (including phenoxy) is 1. The molecular weight excluding hydrogens is 108 g/mol. The van der Waals surface area contributed by atoms with Gasteiger partial charge in [0.05, 0.1) is 13.2 Å². The molecule has 0 bridgehead atoms. The van der Waals surface area contributed by atoms with Crippen LogP contribution in [0.1, 0.15) is 13.8 Å². The van der Waals surface area contributed by atoms with Gasteiger partial charge in [-0.15, -0.1) is 0 Å². The topological polar surface area (TPSA) is 49.7 Å². The molecule has 0 aliphatic heterocycles. The average Bonchev–Trinajstić information content (AvgIpc) is 1.59. The summed E-state index contributed by atoms with van der Waals surface area (Å²) in [5.41, 5.74) is 0. The standard InChI is InChI=1S/C5H12O3/c1-5(2,7)8-4-3-6/h6-7H,3-4H2,1-2H3. The smallest absolute Gasteiger partial charge is 0.159 e. The van der Waals surface area contributed by atoms with E-state index in [1.807, 2.05) is 0 Å². The Labute approximate surface area is 48.9 Å². The molecule has 0 heterocycles. The predicted octanol–water partition coefficient (Wildman–Crippen LogP) is -0.276. The Morgan fingerprint density at radius 2 is 2.00 bits per heavy atom. The molecule has 8 heavy (non-hydrogen) atoms. The van der Waals surface area contributed by atoms with E-state index in [0.717, 1.165) is 0 Å². The average molecular weight is 120 g/mol. The molecule has 0 amide bonds. The van der Waals surface area contributed by atoms with Crippen LogP contribution in [0.2, 0.25) is 0 Å². The van der Waals surface area contributed by atoms with Gasteiger partial charge in [0, 0.05) is 0 Å². The maximum absolute atomic E-state index is 8.82. The van der Waals surface area contributed by atoms with Crippen molar-refractivity contribution in [2.24, 2.45) is 0 Å². The van der Waals surface area contributed by atoms with Crippen molar-refractivity contribution in [3.8, 4) is 0 Å². The van der Waals surface area contributed by atoms with Gasteiger partial charge in [-0.3, -0.25) is 0 Å². The van der Waals surface area contributed by atoms with E-state index in [1.54, 1.807) is 0 Å². The second-order valence-corrected chi connectivity index (χ2v) is 2.02. The van der Waals surface area contributed by atoms with Crippen LogP contribution in [0.25, 0.3) is 0 Å². The van der Waals surface area contributed by atoms with Crippen molar-refractivity contribution in [1.82, 2.24) is 0 Å². The Balaban J connectivity index is 3.11. The molecule has 0 unspecified atom stereocenters. The van der Waals surface area contributed by atoms with Gasteiger partial charge in [-0.05, 0) is 13.8 Å². The zero-order valence-corrected chi connectivity index (χ0v) is 5.22. The zero-order chi connectivity index (χ0) is 6.62. The van der Waals surface area contributed by atoms with Crippen LogP contribution >= 0.6 is 0 Å². The molecule has 0 aromatic rings. The summed E-state index contributed by atoms with van der Waals surface area (Å²) in [6.07, 6.45) is 0. The number of rotatable bonds is 3. The molecule has 0 spiro atoms. The first-order valence-electron chi connectivity index (χ1n) is 2.53. The lowest BCUT2D eigenvalue weighted by molar-refractivity contribution is -0.180. The van der Waals surface area contributed by atoms with Crippen molar-refractivity contribution < 1.29 is 14.9 Å². The van der Waals surface area contributed by atoms with Gasteiger partial charge in [0.25, 0.3) is 0 Å². The molecule has 2 N–H and O–H groups in total. The Morgan fingerprint density at radius 1 is 1.50 bits per heavy atom. The first kappa shape index (κ1) is 7.88. The third-order valence-corrected chi connectivity index (χ3v) is 0.547. The molecule has 0 aliphatic rings. The van der Waals surface area contributed by atoms with Crippen molar-refractivity contribution in [2.45, 2.75) is 19.6 Å². The van der Waals surface area contributed by atoms with E-state index in [2.05, 4.69) is 4.74 Å². The lowest BCUT2D eigenvalue weighted by Gasteiger charge is -2.16. The highest BCUT2D eigenvalue weighted by Gasteiger charge is 2.10. The highest BCUT2D eigenvalue weighted by molar-refractivity contribution is 4.46. The number of aliphatic hydroxyl groups excluding tert-OH is 1. The van der Waals surface area contributed by atoms with Gasteiger partial charge >= 0.3 is 0 Å². The Hall–Kier alpha value is -0.120. The van der Waals surface area contributed by atoms with Crippen LogP contribution in [0.15, 0.2) is 0 Å². The van der Waals surface area contributed by atoms with Crippen LogP contribution < -0.4 is 0 Å². The largest absolute Gasteiger partial charge is 0.394 e. The van der Waals surface area contributed by atoms with Crippen LogP contribution in [-0.4, -0.2) is 29.2 Å². The summed E-state index contributed by atoms with van der Waals surface area (Å²) >= 11 is 0. The van der Waals surface area contributed by atoms with Gasteiger partial charge in [-0.25, -0.2) is 0 Å². The molecule has 0 rings (SSSR count). The molecule has 0 radical (unpaired) electrons. The predicted molar refractivity (Wildman–Crippen MR) is 29.3 cm³/mol. The minimum Gasteiger partial charge on any atom is -0.394 e. The highest BCUT2D eigenvalue weighted by Crippen LogP contribution is 2.00. The summed E-state index contributed by atoms with van der Waals surface area (Å²) in [5.74, 6) is -1.11. The normalized spacial score (nSPS) is 12.0. The van der Waals surface area contributed by atoms with Gasteiger partial charge in [0.2, 0.25) is 0 Å². The maximum atomic E-state index is 8.82. The van der Waals surface area contributed by atoms with Crippen LogP contribution in [0.4, 0.5) is 0 Å². The monoisotopic (exact) mass is 120 g/mol. The quantitative estimate of drug-likeness (QED) is 0.504. The molecule has 3 heteroatoms. The number of aliphatic hydroxyl groups is 2. The van der Waals surface area contributed by atoms with Crippen LogP contribution in [0.3, 0.4) is 0 Å². The Kier molecular flexibility index (Phi) is 2.97. The van der Waals surface area contributed by atoms with E-state index >= 15 is 0 Å². The molecule has 0 saturated heterocycles. The summed E-state index contributed by atoms with van der Waals surface area (Å²) in [5, 5.41) is 17.0. The fraction of sp³-hybridized carbons (Fsp3) is 1.00. The minimum absolute atomic E-state index is 0.0516. The molecule has 0 aromatic carbocycles. The summed E-state index contributed by atoms with van der Waals surface area (Å²) in [6.45, 7) is 3.17. The van der Waals surface area contributed by atoms with Gasteiger partial charge in [0.15, 0.2) is 5.79 Å². The van der Waals surface area contributed by atoms with E-state index in [9.17, 15) is 0 Å². The molecule has 0 fully saturated rings. The molecule has 0 aliphatic carbocycles. The molecule has 0 aromatic heterocycles. The van der Waals surface area contributed by atoms with Crippen LogP contribution in [0, 0.1) is 0 Å². The van der Waals surface area contributed by atoms with Gasteiger partial charge in [-0.2, -0.15) is 0 Å². The van der Waals surface area contributed by atoms with Gasteiger partial charge in [-0.1, -0.05) is 0 Å². The molecule has 50 valence electrons. The summed E-state index contributed by atoms with van der Waals surface area (Å²) in [4.78, 5) is 0. The second-order valence-electron chi connectivity index (χ2n) is 2.02. The van der Waals surface area contributed by atoms with Crippen LogP contribution in [-0.2, 0) is 4.74 Å². The molecule has 0 saturated carbocycles. The Bertz CT molecular complexity index is 55.2. The summed E-state index contributed by atoms with van der Waals surface area (Å²) < 4.78 is 4.68. The molecule has 3 nitrogen and oxygen atoms in total. The molecular formula is C5H12O3. The fourth-order valence-electron chi connectivity index (χ4n) is 0.295. The van der Waals surface area contributed by atoms with Crippen molar-refractivity contribution in [1.29, 1.82) is 0 Å². The van der Waals surface area contributed by atoms with Gasteiger partial charge < -0.3 is 14.9 Å². The first-order chi connectivity index (χ1) is 3.56. The number of hydrogen-bond acceptors (Lipinski definition) is 3. The zero-order valence-electron chi connectivity index (χ0n) is 5.22. The van der Waals surface area contributed by atoms with E-state index < -0.39 is 5.79 Å². The third kappa shape index (κ3) is 5.88. The lowest BCUT2D eigenvalue weighted by Crippen LogP contribution is -2.24. The van der Waals surface area contributed by atoms with E-state index in [1.165, 1.54) is 13.8 Å². The van der Waals surface area contributed by atoms with Crippen molar-refractivity contribution >= 4 is 0 Å². The summed E-state index contributed by atoms with van der Waals surface area (Å²) in [7, 11) is 0. The van der Waals surface area contributed by atoms with Crippen LogP contribution in [0.5, 0.6) is 0 Å². The van der Waals surface area contributed by atoms with E-state index in [4.69, 9.17) is 10.2 Å². The number of hydrogen-bond donors (Lipinski definition) is 2. The maximum Gasteiger partial charge on any atom is 0.159 e. The second kappa shape index (κ2) is 3.02. The highest BCUT2D eigenvalue weighted by atomic mass is 16.6. The van der Waals surface area contributed by atoms with Crippen molar-refractivity contribution in [3.05, 3.63) is 0 Å². The SMILES string of the molecule is CC(C)(O)OCCO. The lowest BCUT2D eigenvalue weighted by atomic mass is 10.4. The van der Waals surface area contributed by atoms with Crippen molar-refractivity contribution in [2.75, 3.05) is 13.2 Å². The van der Waals surface area contributed by atoms with Crippen molar-refractivity contribution in [3.63, 3.8) is 0 Å². The fourth-order valence-corrected chi connectivity index (χ4v) is 0.295. The molecule has 0 atom stereocenters. The Morgan fingerprint density at radius 3 is 2.12 bits per heavy atom. The minimum atomic E-state index is -1.11.